The molecule has 2 aromatic rings. The van der Waals surface area contributed by atoms with Gasteiger partial charge in [-0.15, -0.1) is 0 Å². The number of nitriles is 1. The largest absolute Gasteiger partial charge is 0.416 e. The van der Waals surface area contributed by atoms with E-state index in [9.17, 15) is 17.6 Å². The summed E-state index contributed by atoms with van der Waals surface area (Å²) in [6.45, 7) is 7.54. The van der Waals surface area contributed by atoms with E-state index in [1.165, 1.54) is 0 Å². The number of hydrogen-bond acceptors (Lipinski definition) is 1. The molecule has 0 aliphatic heterocycles. The number of rotatable bonds is 1. The molecule has 0 unspecified atom stereocenters. The Morgan fingerprint density at radius 3 is 2.12 bits per heavy atom. The van der Waals surface area contributed by atoms with Crippen molar-refractivity contribution >= 4 is 11.6 Å². The first kappa shape index (κ1) is 22.9. The number of nitrogens with zero attached hydrogens (tertiary/aromatic N) is 1. The predicted molar refractivity (Wildman–Crippen MR) is 93.0 cm³/mol. The molecule has 0 bridgehead atoms. The van der Waals surface area contributed by atoms with Gasteiger partial charge in [-0.2, -0.15) is 18.4 Å². The van der Waals surface area contributed by atoms with E-state index < -0.39 is 17.6 Å². The lowest BCUT2D eigenvalue weighted by Crippen LogP contribution is -2.09. The second-order valence-electron chi connectivity index (χ2n) is 4.75. The first-order valence-electron chi connectivity index (χ1n) is 7.71. The van der Waals surface area contributed by atoms with Crippen LogP contribution in [0.25, 0.3) is 0 Å². The maximum absolute atomic E-state index is 12.5. The summed E-state index contributed by atoms with van der Waals surface area (Å²) in [5.74, 6) is -0.857. The number of aryl methyl sites for hydroxylation is 2. The van der Waals surface area contributed by atoms with Gasteiger partial charge < -0.3 is 0 Å². The van der Waals surface area contributed by atoms with Crippen LogP contribution in [0.5, 0.6) is 0 Å². The van der Waals surface area contributed by atoms with Gasteiger partial charge in [0, 0.05) is 0 Å². The molecule has 0 atom stereocenters. The van der Waals surface area contributed by atoms with Crippen molar-refractivity contribution in [1.82, 2.24) is 0 Å². The Morgan fingerprint density at radius 2 is 1.68 bits per heavy atom. The molecule has 0 saturated carbocycles. The Morgan fingerprint density at radius 1 is 1.08 bits per heavy atom. The summed E-state index contributed by atoms with van der Waals surface area (Å²) >= 11 is 5.71. The summed E-state index contributed by atoms with van der Waals surface area (Å²) < 4.78 is 49.3. The Hall–Kier alpha value is -2.06. The van der Waals surface area contributed by atoms with Gasteiger partial charge in [0.2, 0.25) is 0 Å². The van der Waals surface area contributed by atoms with E-state index >= 15 is 0 Å². The lowest BCUT2D eigenvalue weighted by Gasteiger charge is -2.10. The van der Waals surface area contributed by atoms with Gasteiger partial charge in [0.25, 0.3) is 0 Å². The van der Waals surface area contributed by atoms with Gasteiger partial charge in [-0.25, -0.2) is 4.39 Å². The van der Waals surface area contributed by atoms with Crippen LogP contribution >= 0.6 is 11.6 Å². The molecule has 0 heterocycles. The highest BCUT2D eigenvalue weighted by molar-refractivity contribution is 6.31. The van der Waals surface area contributed by atoms with Crippen LogP contribution in [0.4, 0.5) is 17.6 Å². The number of hydrogen-bond donors (Lipinski definition) is 0. The lowest BCUT2D eigenvalue weighted by atomic mass is 10.0. The molecule has 0 aliphatic rings. The fourth-order valence-corrected chi connectivity index (χ4v) is 2.11. The van der Waals surface area contributed by atoms with E-state index in [0.717, 1.165) is 17.7 Å². The number of benzene rings is 2. The maximum atomic E-state index is 12.5. The first-order chi connectivity index (χ1) is 11.7. The van der Waals surface area contributed by atoms with Crippen molar-refractivity contribution in [2.45, 2.75) is 40.3 Å². The Bertz CT molecular complexity index is 718. The van der Waals surface area contributed by atoms with Gasteiger partial charge in [0.1, 0.15) is 11.9 Å². The molecule has 0 N–H and O–H groups in total. The summed E-state index contributed by atoms with van der Waals surface area (Å²) in [6.07, 6.45) is -4.22. The molecule has 136 valence electrons. The highest BCUT2D eigenvalue weighted by Gasteiger charge is 2.33. The molecular weight excluding hydrogens is 354 g/mol. The van der Waals surface area contributed by atoms with E-state index in [1.807, 2.05) is 32.9 Å². The normalized spacial score (nSPS) is 9.92. The minimum atomic E-state index is -4.46. The predicted octanol–water partition coefficient (Wildman–Crippen LogP) is 6.95. The summed E-state index contributed by atoms with van der Waals surface area (Å²) in [7, 11) is 0. The minimum absolute atomic E-state index is 0.119. The Kier molecular flexibility index (Phi) is 9.85. The van der Waals surface area contributed by atoms with Gasteiger partial charge in [0.15, 0.2) is 0 Å². The van der Waals surface area contributed by atoms with Crippen LogP contribution in [0, 0.1) is 24.1 Å². The Labute approximate surface area is 150 Å². The van der Waals surface area contributed by atoms with Gasteiger partial charge in [-0.05, 0) is 48.7 Å². The fraction of sp³-hybridized carbons (Fsp3) is 0.316. The topological polar surface area (TPSA) is 23.8 Å². The molecule has 0 spiro atoms. The molecule has 25 heavy (non-hydrogen) atoms. The zero-order valence-corrected chi connectivity index (χ0v) is 15.3. The van der Waals surface area contributed by atoms with Gasteiger partial charge in [-0.1, -0.05) is 44.5 Å². The summed E-state index contributed by atoms with van der Waals surface area (Å²) in [5, 5.41) is 9.00. The quantitative estimate of drug-likeness (QED) is 0.496. The van der Waals surface area contributed by atoms with Crippen molar-refractivity contribution in [3.63, 3.8) is 0 Å². The number of alkyl halides is 3. The second-order valence-corrected chi connectivity index (χ2v) is 5.16. The molecule has 2 rings (SSSR count). The van der Waals surface area contributed by atoms with E-state index in [0.29, 0.717) is 16.7 Å². The average molecular weight is 374 g/mol. The molecular formula is C19H20ClF4N. The molecule has 0 fully saturated rings. The van der Waals surface area contributed by atoms with Gasteiger partial charge >= 0.3 is 6.18 Å². The third-order valence-electron chi connectivity index (χ3n) is 3.00. The van der Waals surface area contributed by atoms with Crippen molar-refractivity contribution < 1.29 is 17.6 Å². The monoisotopic (exact) mass is 373 g/mol. The van der Waals surface area contributed by atoms with E-state index in [1.54, 1.807) is 19.1 Å². The summed E-state index contributed by atoms with van der Waals surface area (Å²) in [6, 6.07) is 10.1. The minimum Gasteiger partial charge on any atom is -0.207 e. The van der Waals surface area contributed by atoms with Crippen LogP contribution in [0.15, 0.2) is 36.4 Å². The average Bonchev–Trinajstić information content (AvgIpc) is 2.56. The molecule has 6 heteroatoms. The zero-order chi connectivity index (χ0) is 19.6. The van der Waals surface area contributed by atoms with Crippen LogP contribution in [0.3, 0.4) is 0 Å². The lowest BCUT2D eigenvalue weighted by molar-refractivity contribution is -0.138. The highest BCUT2D eigenvalue weighted by Crippen LogP contribution is 2.32. The smallest absolute Gasteiger partial charge is 0.207 e. The highest BCUT2D eigenvalue weighted by atomic mass is 35.5. The van der Waals surface area contributed by atoms with Crippen molar-refractivity contribution in [2.24, 2.45) is 0 Å². The molecule has 0 aliphatic carbocycles. The molecule has 0 aromatic heterocycles. The molecule has 0 radical (unpaired) electrons. The molecule has 1 nitrogen and oxygen atoms in total. The molecule has 2 aromatic carbocycles. The summed E-state index contributed by atoms with van der Waals surface area (Å²) in [4.78, 5) is 0. The maximum Gasteiger partial charge on any atom is 0.416 e. The van der Waals surface area contributed by atoms with E-state index in [2.05, 4.69) is 0 Å². The third kappa shape index (κ3) is 7.57. The first-order valence-corrected chi connectivity index (χ1v) is 8.08. The molecule has 0 saturated heterocycles. The van der Waals surface area contributed by atoms with Crippen molar-refractivity contribution in [3.8, 4) is 6.07 Å². The fourth-order valence-electron chi connectivity index (χ4n) is 1.83. The SMILES string of the molecule is CC.CCc1ccc(F)cc1C(F)(F)F.Cc1ccc(C#N)c(Cl)c1. The number of halogens is 5. The van der Waals surface area contributed by atoms with Crippen molar-refractivity contribution in [1.29, 1.82) is 5.26 Å². The molecule has 0 amide bonds. The van der Waals surface area contributed by atoms with Crippen LogP contribution in [-0.4, -0.2) is 0 Å². The van der Waals surface area contributed by atoms with Gasteiger partial charge in [-0.3, -0.25) is 0 Å². The van der Waals surface area contributed by atoms with E-state index in [-0.39, 0.29) is 12.0 Å². The second kappa shape index (κ2) is 10.7. The van der Waals surface area contributed by atoms with Gasteiger partial charge in [0.05, 0.1) is 16.1 Å². The Balaban J connectivity index is 0.000000430. The van der Waals surface area contributed by atoms with Crippen LogP contribution in [-0.2, 0) is 12.6 Å². The van der Waals surface area contributed by atoms with Crippen molar-refractivity contribution in [3.05, 3.63) is 69.5 Å². The standard InChI is InChI=1S/C9H8F4.C8H6ClN.C2H6/c1-2-6-3-4-7(10)5-8(6)9(11,12)13;1-6-2-3-7(5-10)8(9)4-6;1-2/h3-5H,2H2,1H3;2-4H,1H3;1-2H3. The third-order valence-corrected chi connectivity index (χ3v) is 3.32. The van der Waals surface area contributed by atoms with Crippen LogP contribution in [0.2, 0.25) is 5.02 Å². The van der Waals surface area contributed by atoms with Crippen molar-refractivity contribution in [2.75, 3.05) is 0 Å². The zero-order valence-electron chi connectivity index (χ0n) is 14.5. The van der Waals surface area contributed by atoms with E-state index in [4.69, 9.17) is 16.9 Å². The van der Waals surface area contributed by atoms with Crippen LogP contribution < -0.4 is 0 Å². The van der Waals surface area contributed by atoms with Crippen LogP contribution in [0.1, 0.15) is 43.0 Å². The summed E-state index contributed by atoms with van der Waals surface area (Å²) in [5.41, 5.74) is 0.847.